The molecule has 0 spiro atoms. The second-order valence-electron chi connectivity index (χ2n) is 3.41. The number of hydrogen-bond acceptors (Lipinski definition) is 2. The number of benzene rings is 1. The van der Waals surface area contributed by atoms with Gasteiger partial charge in [0.2, 0.25) is 0 Å². The maximum Gasteiger partial charge on any atom is 0.136 e. The first-order valence-electron chi connectivity index (χ1n) is 4.66. The number of nitrogens with one attached hydrogen (secondary N) is 1. The van der Waals surface area contributed by atoms with E-state index >= 15 is 0 Å². The van der Waals surface area contributed by atoms with Crippen molar-refractivity contribution in [2.75, 3.05) is 6.54 Å². The third kappa shape index (κ3) is 1.95. The Morgan fingerprint density at radius 3 is 2.69 bits per heavy atom. The second kappa shape index (κ2) is 3.71. The highest BCUT2D eigenvalue weighted by molar-refractivity contribution is 5.80. The summed E-state index contributed by atoms with van der Waals surface area (Å²) in [7, 11) is 0. The number of rotatable bonds is 1. The highest BCUT2D eigenvalue weighted by atomic mass is 16.1. The Labute approximate surface area is 78.0 Å². The fourth-order valence-corrected chi connectivity index (χ4v) is 1.71. The van der Waals surface area contributed by atoms with E-state index in [2.05, 4.69) is 17.4 Å². The van der Waals surface area contributed by atoms with Gasteiger partial charge in [-0.1, -0.05) is 30.3 Å². The van der Waals surface area contributed by atoms with Crippen molar-refractivity contribution in [2.45, 2.75) is 18.9 Å². The van der Waals surface area contributed by atoms with Crippen LogP contribution in [0, 0.1) is 0 Å². The lowest BCUT2D eigenvalue weighted by atomic mass is 9.97. The monoisotopic (exact) mass is 175 g/mol. The van der Waals surface area contributed by atoms with E-state index in [1.807, 2.05) is 18.2 Å². The molecule has 1 atom stereocenters. The Hall–Kier alpha value is -1.15. The number of carbonyl (C=O) groups is 1. The van der Waals surface area contributed by atoms with Crippen molar-refractivity contribution in [1.82, 2.24) is 5.32 Å². The third-order valence-corrected chi connectivity index (χ3v) is 2.43. The lowest BCUT2D eigenvalue weighted by Gasteiger charge is -2.22. The highest BCUT2D eigenvalue weighted by Crippen LogP contribution is 2.20. The van der Waals surface area contributed by atoms with Crippen LogP contribution in [0.2, 0.25) is 0 Å². The average Bonchev–Trinajstić information content (AvgIpc) is 2.19. The first-order chi connectivity index (χ1) is 6.36. The molecular formula is C11H13NO. The normalized spacial score (nSPS) is 23.1. The Morgan fingerprint density at radius 2 is 2.00 bits per heavy atom. The highest BCUT2D eigenvalue weighted by Gasteiger charge is 2.19. The van der Waals surface area contributed by atoms with Crippen LogP contribution in [0.3, 0.4) is 0 Å². The van der Waals surface area contributed by atoms with Crippen LogP contribution in [0.4, 0.5) is 0 Å². The first kappa shape index (κ1) is 8.45. The molecule has 1 N–H and O–H groups in total. The summed E-state index contributed by atoms with van der Waals surface area (Å²) in [5.74, 6) is 0.368. The summed E-state index contributed by atoms with van der Waals surface area (Å²) in [5.41, 5.74) is 1.22. The molecule has 0 amide bonds. The SMILES string of the molecule is O=C1CCN[C@H](c2ccccc2)C1. The van der Waals surface area contributed by atoms with Gasteiger partial charge in [0.15, 0.2) is 0 Å². The van der Waals surface area contributed by atoms with E-state index in [4.69, 9.17) is 0 Å². The molecule has 1 fully saturated rings. The van der Waals surface area contributed by atoms with Gasteiger partial charge in [-0.25, -0.2) is 0 Å². The Balaban J connectivity index is 2.13. The lowest BCUT2D eigenvalue weighted by Crippen LogP contribution is -2.31. The van der Waals surface area contributed by atoms with Gasteiger partial charge < -0.3 is 5.32 Å². The molecule has 2 heteroatoms. The summed E-state index contributed by atoms with van der Waals surface area (Å²) in [6, 6.07) is 10.4. The van der Waals surface area contributed by atoms with Gasteiger partial charge in [-0.15, -0.1) is 0 Å². The van der Waals surface area contributed by atoms with Crippen molar-refractivity contribution in [3.8, 4) is 0 Å². The van der Waals surface area contributed by atoms with Crippen LogP contribution >= 0.6 is 0 Å². The van der Waals surface area contributed by atoms with Gasteiger partial charge in [-0.05, 0) is 5.56 Å². The third-order valence-electron chi connectivity index (χ3n) is 2.43. The van der Waals surface area contributed by atoms with Gasteiger partial charge in [-0.2, -0.15) is 0 Å². The molecular weight excluding hydrogens is 162 g/mol. The fourth-order valence-electron chi connectivity index (χ4n) is 1.71. The smallest absolute Gasteiger partial charge is 0.136 e. The van der Waals surface area contributed by atoms with E-state index < -0.39 is 0 Å². The maximum absolute atomic E-state index is 11.2. The Bertz CT molecular complexity index is 294. The molecule has 2 rings (SSSR count). The fraction of sp³-hybridized carbons (Fsp3) is 0.364. The van der Waals surface area contributed by atoms with Crippen LogP contribution in [0.25, 0.3) is 0 Å². The van der Waals surface area contributed by atoms with E-state index in [0.717, 1.165) is 6.54 Å². The Kier molecular flexibility index (Phi) is 2.41. The summed E-state index contributed by atoms with van der Waals surface area (Å²) >= 11 is 0. The summed E-state index contributed by atoms with van der Waals surface area (Å²) in [4.78, 5) is 11.2. The Morgan fingerprint density at radius 1 is 1.23 bits per heavy atom. The van der Waals surface area contributed by atoms with Crippen molar-refractivity contribution < 1.29 is 4.79 Å². The van der Waals surface area contributed by atoms with Gasteiger partial charge in [-0.3, -0.25) is 4.79 Å². The maximum atomic E-state index is 11.2. The minimum Gasteiger partial charge on any atom is -0.309 e. The number of piperidine rings is 1. The second-order valence-corrected chi connectivity index (χ2v) is 3.41. The van der Waals surface area contributed by atoms with Crippen molar-refractivity contribution in [3.63, 3.8) is 0 Å². The molecule has 0 radical (unpaired) electrons. The quantitative estimate of drug-likeness (QED) is 0.703. The molecule has 2 nitrogen and oxygen atoms in total. The van der Waals surface area contributed by atoms with Gasteiger partial charge in [0.05, 0.1) is 0 Å². The zero-order valence-corrected chi connectivity index (χ0v) is 7.49. The van der Waals surface area contributed by atoms with Crippen molar-refractivity contribution in [1.29, 1.82) is 0 Å². The summed E-state index contributed by atoms with van der Waals surface area (Å²) in [6.07, 6.45) is 1.33. The standard InChI is InChI=1S/C11H13NO/c13-10-6-7-12-11(8-10)9-4-2-1-3-5-9/h1-5,11-12H,6-8H2/t11-/m0/s1. The summed E-state index contributed by atoms with van der Waals surface area (Å²) in [6.45, 7) is 0.818. The van der Waals surface area contributed by atoms with Crippen molar-refractivity contribution >= 4 is 5.78 Å². The number of Topliss-reactive ketones (excluding diaryl/α,β-unsaturated/α-hetero) is 1. The van der Waals surface area contributed by atoms with E-state index in [0.29, 0.717) is 18.6 Å². The molecule has 13 heavy (non-hydrogen) atoms. The minimum atomic E-state index is 0.238. The molecule has 68 valence electrons. The van der Waals surface area contributed by atoms with Gasteiger partial charge in [0.1, 0.15) is 5.78 Å². The number of hydrogen-bond donors (Lipinski definition) is 1. The molecule has 0 saturated carbocycles. The zero-order chi connectivity index (χ0) is 9.10. The van der Waals surface area contributed by atoms with Gasteiger partial charge in [0.25, 0.3) is 0 Å². The molecule has 1 aromatic carbocycles. The molecule has 1 saturated heterocycles. The van der Waals surface area contributed by atoms with Crippen LogP contribution in [-0.4, -0.2) is 12.3 Å². The van der Waals surface area contributed by atoms with Crippen LogP contribution < -0.4 is 5.32 Å². The number of carbonyl (C=O) groups excluding carboxylic acids is 1. The lowest BCUT2D eigenvalue weighted by molar-refractivity contribution is -0.120. The predicted molar refractivity (Wildman–Crippen MR) is 51.4 cm³/mol. The summed E-state index contributed by atoms with van der Waals surface area (Å²) < 4.78 is 0. The van der Waals surface area contributed by atoms with Crippen molar-refractivity contribution in [3.05, 3.63) is 35.9 Å². The van der Waals surface area contributed by atoms with Crippen LogP contribution in [0.5, 0.6) is 0 Å². The van der Waals surface area contributed by atoms with E-state index in [1.54, 1.807) is 0 Å². The topological polar surface area (TPSA) is 29.1 Å². The van der Waals surface area contributed by atoms with E-state index in [1.165, 1.54) is 5.56 Å². The molecule has 1 aliphatic heterocycles. The molecule has 1 aromatic rings. The zero-order valence-electron chi connectivity index (χ0n) is 7.49. The first-order valence-corrected chi connectivity index (χ1v) is 4.66. The van der Waals surface area contributed by atoms with Gasteiger partial charge in [0, 0.05) is 25.4 Å². The van der Waals surface area contributed by atoms with Crippen LogP contribution in [0.1, 0.15) is 24.4 Å². The predicted octanol–water partition coefficient (Wildman–Crippen LogP) is 1.68. The van der Waals surface area contributed by atoms with E-state index in [-0.39, 0.29) is 6.04 Å². The van der Waals surface area contributed by atoms with Crippen LogP contribution in [-0.2, 0) is 4.79 Å². The average molecular weight is 175 g/mol. The molecule has 0 aromatic heterocycles. The molecule has 1 aliphatic rings. The summed E-state index contributed by atoms with van der Waals surface area (Å²) in [5, 5.41) is 3.34. The minimum absolute atomic E-state index is 0.238. The van der Waals surface area contributed by atoms with Crippen LogP contribution in [0.15, 0.2) is 30.3 Å². The molecule has 0 unspecified atom stereocenters. The van der Waals surface area contributed by atoms with E-state index in [9.17, 15) is 4.79 Å². The molecule has 1 heterocycles. The van der Waals surface area contributed by atoms with Crippen molar-refractivity contribution in [2.24, 2.45) is 0 Å². The molecule has 0 bridgehead atoms. The largest absolute Gasteiger partial charge is 0.309 e. The molecule has 0 aliphatic carbocycles. The number of ketones is 1. The van der Waals surface area contributed by atoms with Gasteiger partial charge >= 0.3 is 0 Å².